The average Bonchev–Trinajstić information content (AvgIpc) is 2.56. The van der Waals surface area contributed by atoms with Crippen LogP contribution in [0.5, 0.6) is 0 Å². The average molecular weight is 352 g/mol. The number of nitrogens with zero attached hydrogens (tertiary/aromatic N) is 1. The molecule has 1 N–H and O–H groups in total. The Morgan fingerprint density at radius 1 is 1.28 bits per heavy atom. The third-order valence-electron chi connectivity index (χ3n) is 3.61. The Bertz CT molecular complexity index is 906. The highest BCUT2D eigenvalue weighted by Gasteiger charge is 2.23. The van der Waals surface area contributed by atoms with E-state index in [-0.39, 0.29) is 35.4 Å². The number of hydrogen-bond acceptors (Lipinski definition) is 5. The molecule has 0 atom stereocenters. The number of benzene rings is 1. The van der Waals surface area contributed by atoms with Gasteiger partial charge in [0, 0.05) is 18.8 Å². The summed E-state index contributed by atoms with van der Waals surface area (Å²) in [6.07, 6.45) is 1.26. The van der Waals surface area contributed by atoms with Gasteiger partial charge in [-0.2, -0.15) is 0 Å². The molecule has 2 rings (SSSR count). The number of ether oxygens (including phenoxy) is 1. The molecule has 2 aromatic rings. The molecule has 0 amide bonds. The summed E-state index contributed by atoms with van der Waals surface area (Å²) in [5.41, 5.74) is -1.40. The van der Waals surface area contributed by atoms with Crippen LogP contribution in [0.15, 0.2) is 17.1 Å². The minimum Gasteiger partial charge on any atom is -0.462 e. The number of halogens is 2. The van der Waals surface area contributed by atoms with Crippen LogP contribution in [0.25, 0.3) is 10.9 Å². The first-order valence-electron chi connectivity index (χ1n) is 7.77. The lowest BCUT2D eigenvalue weighted by Crippen LogP contribution is -2.23. The highest BCUT2D eigenvalue weighted by molar-refractivity contribution is 5.99. The Morgan fingerprint density at radius 2 is 1.96 bits per heavy atom. The molecule has 8 heteroatoms. The number of anilines is 1. The zero-order valence-corrected chi connectivity index (χ0v) is 14.1. The van der Waals surface area contributed by atoms with Crippen molar-refractivity contribution in [2.24, 2.45) is 0 Å². The molecule has 0 spiro atoms. The van der Waals surface area contributed by atoms with E-state index in [0.29, 0.717) is 6.54 Å². The fourth-order valence-corrected chi connectivity index (χ4v) is 2.48. The molecule has 25 heavy (non-hydrogen) atoms. The minimum atomic E-state index is -1.28. The van der Waals surface area contributed by atoms with Gasteiger partial charge >= 0.3 is 5.97 Å². The number of fused-ring (bicyclic) bond motifs is 1. The summed E-state index contributed by atoms with van der Waals surface area (Å²) < 4.78 is 34.5. The van der Waals surface area contributed by atoms with Crippen LogP contribution in [0.3, 0.4) is 0 Å². The summed E-state index contributed by atoms with van der Waals surface area (Å²) in [4.78, 5) is 35.9. The Hall–Kier alpha value is -2.77. The molecule has 0 saturated heterocycles. The van der Waals surface area contributed by atoms with E-state index in [1.165, 1.54) is 17.7 Å². The van der Waals surface area contributed by atoms with Crippen molar-refractivity contribution in [3.8, 4) is 0 Å². The lowest BCUT2D eigenvalue weighted by molar-refractivity contribution is -0.115. The van der Waals surface area contributed by atoms with Crippen LogP contribution in [-0.4, -0.2) is 29.5 Å². The smallest absolute Gasteiger partial charge is 0.343 e. The zero-order chi connectivity index (χ0) is 18.7. The Labute approximate surface area is 142 Å². The minimum absolute atomic E-state index is 0.0651. The van der Waals surface area contributed by atoms with Crippen molar-refractivity contribution in [3.63, 3.8) is 0 Å². The van der Waals surface area contributed by atoms with Crippen molar-refractivity contribution in [2.75, 3.05) is 18.5 Å². The van der Waals surface area contributed by atoms with Crippen LogP contribution in [-0.2, 0) is 16.1 Å². The molecule has 1 aromatic heterocycles. The van der Waals surface area contributed by atoms with E-state index in [1.807, 2.05) is 0 Å². The topological polar surface area (TPSA) is 77.4 Å². The molecule has 134 valence electrons. The zero-order valence-electron chi connectivity index (χ0n) is 14.1. The molecule has 0 fully saturated rings. The van der Waals surface area contributed by atoms with E-state index in [9.17, 15) is 23.2 Å². The van der Waals surface area contributed by atoms with Crippen LogP contribution < -0.4 is 10.7 Å². The van der Waals surface area contributed by atoms with E-state index in [4.69, 9.17) is 4.74 Å². The van der Waals surface area contributed by atoms with Crippen LogP contribution in [0, 0.1) is 11.6 Å². The molecule has 6 nitrogen and oxygen atoms in total. The van der Waals surface area contributed by atoms with Crippen molar-refractivity contribution in [3.05, 3.63) is 39.7 Å². The number of pyridine rings is 1. The molecule has 0 aliphatic heterocycles. The Kier molecular flexibility index (Phi) is 5.51. The highest BCUT2D eigenvalue weighted by atomic mass is 19.2. The van der Waals surface area contributed by atoms with Crippen molar-refractivity contribution in [1.82, 2.24) is 4.57 Å². The molecule has 0 unspecified atom stereocenters. The van der Waals surface area contributed by atoms with E-state index in [1.54, 1.807) is 13.8 Å². The molecule has 0 aliphatic rings. The SMILES string of the molecule is CCOC(=O)c1cn(CC)c2cc(F)c(F)c(NCC(C)=O)c2c1=O. The third kappa shape index (κ3) is 3.52. The number of aryl methyl sites for hydroxylation is 1. The second-order valence-electron chi connectivity index (χ2n) is 5.38. The molecular formula is C17H18F2N2O4. The fraction of sp³-hybridized carbons (Fsp3) is 0.353. The predicted octanol–water partition coefficient (Wildman–Crippen LogP) is 2.48. The predicted molar refractivity (Wildman–Crippen MR) is 88.9 cm³/mol. The summed E-state index contributed by atoms with van der Waals surface area (Å²) in [5, 5.41) is 2.26. The van der Waals surface area contributed by atoms with Gasteiger partial charge in [-0.1, -0.05) is 0 Å². The monoisotopic (exact) mass is 352 g/mol. The highest BCUT2D eigenvalue weighted by Crippen LogP contribution is 2.27. The van der Waals surface area contributed by atoms with Crippen LogP contribution in [0.2, 0.25) is 0 Å². The number of rotatable bonds is 6. The van der Waals surface area contributed by atoms with Crippen LogP contribution in [0.1, 0.15) is 31.1 Å². The van der Waals surface area contributed by atoms with Gasteiger partial charge < -0.3 is 14.6 Å². The van der Waals surface area contributed by atoms with Gasteiger partial charge in [-0.3, -0.25) is 9.59 Å². The maximum absolute atomic E-state index is 14.3. The second-order valence-corrected chi connectivity index (χ2v) is 5.38. The van der Waals surface area contributed by atoms with Crippen molar-refractivity contribution >= 4 is 28.3 Å². The van der Waals surface area contributed by atoms with Gasteiger partial charge in [-0.25, -0.2) is 13.6 Å². The van der Waals surface area contributed by atoms with E-state index in [0.717, 1.165) is 6.07 Å². The summed E-state index contributed by atoms with van der Waals surface area (Å²) in [6, 6.07) is 0.892. The number of aromatic nitrogens is 1. The number of carbonyl (C=O) groups excluding carboxylic acids is 2. The maximum Gasteiger partial charge on any atom is 0.343 e. The van der Waals surface area contributed by atoms with Gasteiger partial charge in [0.25, 0.3) is 0 Å². The van der Waals surface area contributed by atoms with Crippen LogP contribution >= 0.6 is 0 Å². The van der Waals surface area contributed by atoms with E-state index >= 15 is 0 Å². The fourth-order valence-electron chi connectivity index (χ4n) is 2.48. The number of esters is 1. The quantitative estimate of drug-likeness (QED) is 0.808. The lowest BCUT2D eigenvalue weighted by atomic mass is 10.1. The molecule has 0 aliphatic carbocycles. The van der Waals surface area contributed by atoms with Crippen LogP contribution in [0.4, 0.5) is 14.5 Å². The summed E-state index contributed by atoms with van der Waals surface area (Å²) in [5.74, 6) is -3.62. The first kappa shape index (κ1) is 18.6. The van der Waals surface area contributed by atoms with Gasteiger partial charge in [-0.15, -0.1) is 0 Å². The normalized spacial score (nSPS) is 10.8. The van der Waals surface area contributed by atoms with Gasteiger partial charge in [0.2, 0.25) is 5.43 Å². The number of hydrogen-bond donors (Lipinski definition) is 1. The largest absolute Gasteiger partial charge is 0.462 e. The van der Waals surface area contributed by atoms with E-state index < -0.39 is 28.7 Å². The standard InChI is InChI=1S/C17H18F2N2O4/c1-4-21-8-10(17(24)25-5-2)16(23)13-12(21)6-11(18)14(19)15(13)20-7-9(3)22/h6,8,20H,4-5,7H2,1-3H3. The molecule has 0 radical (unpaired) electrons. The summed E-state index contributed by atoms with van der Waals surface area (Å²) in [7, 11) is 0. The Morgan fingerprint density at radius 3 is 2.52 bits per heavy atom. The number of carbonyl (C=O) groups is 2. The first-order chi connectivity index (χ1) is 11.8. The van der Waals surface area contributed by atoms with Crippen molar-refractivity contribution < 1.29 is 23.1 Å². The lowest BCUT2D eigenvalue weighted by Gasteiger charge is -2.15. The summed E-state index contributed by atoms with van der Waals surface area (Å²) >= 11 is 0. The number of Topliss-reactive ketones (excluding diaryl/α,β-unsaturated/α-hetero) is 1. The molecule has 0 bridgehead atoms. The molecule has 0 saturated carbocycles. The van der Waals surface area contributed by atoms with Gasteiger partial charge in [-0.05, 0) is 20.8 Å². The maximum atomic E-state index is 14.3. The Balaban J connectivity index is 2.87. The van der Waals surface area contributed by atoms with Crippen molar-refractivity contribution in [2.45, 2.75) is 27.3 Å². The second kappa shape index (κ2) is 7.42. The van der Waals surface area contributed by atoms with Gasteiger partial charge in [0.05, 0.1) is 29.7 Å². The number of nitrogens with one attached hydrogen (secondary N) is 1. The molecule has 1 aromatic carbocycles. The molecular weight excluding hydrogens is 334 g/mol. The van der Waals surface area contributed by atoms with Gasteiger partial charge in [0.1, 0.15) is 11.3 Å². The number of ketones is 1. The molecule has 1 heterocycles. The van der Waals surface area contributed by atoms with E-state index in [2.05, 4.69) is 5.32 Å². The van der Waals surface area contributed by atoms with Crippen molar-refractivity contribution in [1.29, 1.82) is 0 Å². The summed E-state index contributed by atoms with van der Waals surface area (Å²) in [6.45, 7) is 4.66. The third-order valence-corrected chi connectivity index (χ3v) is 3.61. The first-order valence-corrected chi connectivity index (χ1v) is 7.77. The van der Waals surface area contributed by atoms with Gasteiger partial charge in [0.15, 0.2) is 11.6 Å².